The highest BCUT2D eigenvalue weighted by Crippen LogP contribution is 2.31. The van der Waals surface area contributed by atoms with E-state index in [2.05, 4.69) is 39.6 Å². The highest BCUT2D eigenvalue weighted by molar-refractivity contribution is 5.91. The van der Waals surface area contributed by atoms with Crippen molar-refractivity contribution < 1.29 is 19.3 Å². The van der Waals surface area contributed by atoms with Crippen LogP contribution in [0.25, 0.3) is 22.1 Å². The quantitative estimate of drug-likeness (QED) is 0.0878. The van der Waals surface area contributed by atoms with E-state index in [4.69, 9.17) is 49.3 Å². The number of aliphatic hydroxyl groups excluding tert-OH is 1. The first-order chi connectivity index (χ1) is 27.6. The van der Waals surface area contributed by atoms with Crippen molar-refractivity contribution in [1.82, 2.24) is 44.5 Å². The number of nitrogens with one attached hydrogen (secondary N) is 2. The van der Waals surface area contributed by atoms with Crippen molar-refractivity contribution >= 4 is 57.6 Å². The van der Waals surface area contributed by atoms with E-state index in [1.165, 1.54) is 0 Å². The van der Waals surface area contributed by atoms with Gasteiger partial charge in [-0.05, 0) is 70.7 Å². The Balaban J connectivity index is 1.38. The molecule has 3 N–H and O–H groups in total. The highest BCUT2D eigenvalue weighted by Gasteiger charge is 2.23. The molecule has 0 spiro atoms. The molecule has 18 heteroatoms. The van der Waals surface area contributed by atoms with Crippen molar-refractivity contribution in [3.05, 3.63) is 46.7 Å². The molecule has 0 bridgehead atoms. The van der Waals surface area contributed by atoms with Gasteiger partial charge in [0.15, 0.2) is 11.6 Å². The van der Waals surface area contributed by atoms with Crippen LogP contribution in [0.4, 0.5) is 29.4 Å². The summed E-state index contributed by atoms with van der Waals surface area (Å²) in [6.45, 7) is 17.0. The molecule has 1 aliphatic heterocycles. The van der Waals surface area contributed by atoms with Crippen LogP contribution in [-0.2, 0) is 33.8 Å². The second kappa shape index (κ2) is 19.2. The summed E-state index contributed by atoms with van der Waals surface area (Å²) >= 11 is 0. The normalized spacial score (nSPS) is 14.1. The first-order valence-corrected chi connectivity index (χ1v) is 19.6. The SMILES string of the molecule is CCOCCn1nc(C)c2nc(N(CCOC)Cc3cc(C)cc(Nc4nc(N(C)CCO)nc5c(C)nn(CCOCC)c45)n3)nc(NC3=CC(C)CC=N3)c21. The van der Waals surface area contributed by atoms with Crippen LogP contribution < -0.4 is 20.4 Å². The Morgan fingerprint density at radius 1 is 0.825 bits per heavy atom. The lowest BCUT2D eigenvalue weighted by Crippen LogP contribution is -2.29. The number of fused-ring (bicyclic) bond motifs is 2. The van der Waals surface area contributed by atoms with Gasteiger partial charge in [-0.15, -0.1) is 0 Å². The summed E-state index contributed by atoms with van der Waals surface area (Å²) in [5.41, 5.74) is 6.30. The minimum atomic E-state index is -0.0370. The smallest absolute Gasteiger partial charge is 0.228 e. The molecule has 0 aliphatic carbocycles. The molecule has 1 atom stereocenters. The molecule has 6 rings (SSSR count). The maximum atomic E-state index is 9.68. The number of aliphatic imine (C=N–C) groups is 1. The Labute approximate surface area is 333 Å². The average Bonchev–Trinajstić information content (AvgIpc) is 3.68. The Morgan fingerprint density at radius 3 is 2.07 bits per heavy atom. The van der Waals surface area contributed by atoms with Gasteiger partial charge in [0.2, 0.25) is 11.9 Å². The number of rotatable bonds is 21. The monoisotopic (exact) mass is 784 g/mol. The predicted molar refractivity (Wildman–Crippen MR) is 223 cm³/mol. The van der Waals surface area contributed by atoms with Crippen LogP contribution in [0.5, 0.6) is 0 Å². The van der Waals surface area contributed by atoms with Crippen molar-refractivity contribution in [2.24, 2.45) is 10.9 Å². The van der Waals surface area contributed by atoms with E-state index < -0.39 is 0 Å². The first kappa shape index (κ1) is 41.3. The van der Waals surface area contributed by atoms with Gasteiger partial charge < -0.3 is 39.8 Å². The topological polar surface area (TPSA) is 191 Å². The molecule has 0 amide bonds. The number of anilines is 5. The largest absolute Gasteiger partial charge is 0.395 e. The van der Waals surface area contributed by atoms with E-state index in [1.807, 2.05) is 68.2 Å². The van der Waals surface area contributed by atoms with Crippen molar-refractivity contribution in [3.8, 4) is 0 Å². The molecule has 5 aromatic heterocycles. The van der Waals surface area contributed by atoms with Gasteiger partial charge in [0.25, 0.3) is 0 Å². The molecule has 0 saturated heterocycles. The van der Waals surface area contributed by atoms with Crippen LogP contribution in [0, 0.1) is 26.7 Å². The molecule has 6 heterocycles. The zero-order valence-corrected chi connectivity index (χ0v) is 34.4. The lowest BCUT2D eigenvalue weighted by Gasteiger charge is -2.24. The third-order valence-corrected chi connectivity index (χ3v) is 9.43. The zero-order chi connectivity index (χ0) is 40.5. The average molecular weight is 785 g/mol. The van der Waals surface area contributed by atoms with Crippen LogP contribution >= 0.6 is 0 Å². The fraction of sp³-hybridized carbons (Fsp3) is 0.538. The number of nitrogens with zero attached hydrogens (tertiary/aromatic N) is 12. The van der Waals surface area contributed by atoms with Gasteiger partial charge >= 0.3 is 0 Å². The number of hydrogen-bond donors (Lipinski definition) is 3. The standard InChI is InChI=1S/C39H56N14O4/c1-9-56-19-15-52-34-32(27(5)48-52)44-38(50(7)13-17-54)46-37(34)43-31-23-26(4)21-29(41-31)24-51(14-18-55-8)39-45-33-28(6)49-53(16-20-57-10-2)35(33)36(47-39)42-30-22-25(3)11-12-40-30/h12,21-23,25,54H,9-11,13-20,24H2,1-8H3,(H,42,45,47)(H,41,43,44,46). The number of likely N-dealkylation sites (N-methyl/N-ethyl adjacent to an activating group) is 1. The molecule has 18 nitrogen and oxygen atoms in total. The minimum absolute atomic E-state index is 0.0370. The number of pyridine rings is 1. The third kappa shape index (κ3) is 9.99. The Kier molecular flexibility index (Phi) is 13.9. The van der Waals surface area contributed by atoms with Crippen molar-refractivity contribution in [1.29, 1.82) is 0 Å². The van der Waals surface area contributed by atoms with E-state index >= 15 is 0 Å². The molecule has 0 aromatic carbocycles. The van der Waals surface area contributed by atoms with Crippen molar-refractivity contribution in [3.63, 3.8) is 0 Å². The number of hydrogen-bond acceptors (Lipinski definition) is 16. The molecule has 0 saturated carbocycles. The van der Waals surface area contributed by atoms with Gasteiger partial charge in [-0.1, -0.05) is 6.92 Å². The van der Waals surface area contributed by atoms with Crippen LogP contribution in [0.1, 0.15) is 49.8 Å². The summed E-state index contributed by atoms with van der Waals surface area (Å²) in [5, 5.41) is 26.3. The minimum Gasteiger partial charge on any atom is -0.395 e. The maximum absolute atomic E-state index is 9.68. The Bertz CT molecular complexity index is 2200. The fourth-order valence-electron chi connectivity index (χ4n) is 6.63. The van der Waals surface area contributed by atoms with E-state index in [1.54, 1.807) is 7.11 Å². The summed E-state index contributed by atoms with van der Waals surface area (Å²) in [5.74, 6) is 3.79. The lowest BCUT2D eigenvalue weighted by molar-refractivity contribution is 0.137. The Morgan fingerprint density at radius 2 is 1.46 bits per heavy atom. The van der Waals surface area contributed by atoms with Crippen LogP contribution in [0.3, 0.4) is 0 Å². The van der Waals surface area contributed by atoms with Gasteiger partial charge in [0, 0.05) is 46.7 Å². The molecule has 1 aliphatic rings. The third-order valence-electron chi connectivity index (χ3n) is 9.43. The second-order valence-corrected chi connectivity index (χ2v) is 14.1. The maximum Gasteiger partial charge on any atom is 0.228 e. The predicted octanol–water partition coefficient (Wildman–Crippen LogP) is 4.55. The molecule has 1 unspecified atom stereocenters. The number of aliphatic hydroxyl groups is 1. The number of allylic oxidation sites excluding steroid dienone is 1. The van der Waals surface area contributed by atoms with Crippen molar-refractivity contribution in [2.75, 3.05) is 87.3 Å². The second-order valence-electron chi connectivity index (χ2n) is 14.1. The summed E-state index contributed by atoms with van der Waals surface area (Å²) in [4.78, 5) is 33.6. The van der Waals surface area contributed by atoms with Crippen LogP contribution in [0.2, 0.25) is 0 Å². The highest BCUT2D eigenvalue weighted by atomic mass is 16.5. The zero-order valence-electron chi connectivity index (χ0n) is 34.4. The van der Waals surface area contributed by atoms with E-state index in [-0.39, 0.29) is 6.61 Å². The van der Waals surface area contributed by atoms with Crippen molar-refractivity contribution in [2.45, 2.75) is 67.6 Å². The van der Waals surface area contributed by atoms with Gasteiger partial charge in [0.05, 0.1) is 63.1 Å². The number of aryl methyl sites for hydroxylation is 3. The fourth-order valence-corrected chi connectivity index (χ4v) is 6.63. The molecule has 5 aromatic rings. The summed E-state index contributed by atoms with van der Waals surface area (Å²) in [7, 11) is 3.53. The molecular weight excluding hydrogens is 729 g/mol. The molecule has 57 heavy (non-hydrogen) atoms. The van der Waals surface area contributed by atoms with E-state index in [0.717, 1.165) is 51.4 Å². The number of ether oxygens (including phenoxy) is 3. The van der Waals surface area contributed by atoms with E-state index in [0.29, 0.717) is 107 Å². The Hall–Kier alpha value is -5.30. The van der Waals surface area contributed by atoms with Gasteiger partial charge in [-0.25, -0.2) is 19.9 Å². The van der Waals surface area contributed by atoms with Gasteiger partial charge in [0.1, 0.15) is 33.7 Å². The van der Waals surface area contributed by atoms with Crippen LogP contribution in [-0.4, -0.2) is 123 Å². The summed E-state index contributed by atoms with van der Waals surface area (Å²) in [6.07, 6.45) is 4.93. The lowest BCUT2D eigenvalue weighted by atomic mass is 10.1. The number of methoxy groups -OCH3 is 1. The molecule has 0 radical (unpaired) electrons. The number of aromatic nitrogens is 9. The van der Waals surface area contributed by atoms with Crippen LogP contribution in [0.15, 0.2) is 29.0 Å². The molecular formula is C39H56N14O4. The van der Waals surface area contributed by atoms with Gasteiger partial charge in [-0.2, -0.15) is 20.2 Å². The summed E-state index contributed by atoms with van der Waals surface area (Å²) < 4.78 is 20.7. The van der Waals surface area contributed by atoms with Gasteiger partial charge in [-0.3, -0.25) is 9.36 Å². The molecule has 306 valence electrons. The first-order valence-electron chi connectivity index (χ1n) is 19.6. The molecule has 0 fully saturated rings. The summed E-state index contributed by atoms with van der Waals surface area (Å²) in [6, 6.07) is 4.03. The van der Waals surface area contributed by atoms with E-state index in [9.17, 15) is 5.11 Å².